The van der Waals surface area contributed by atoms with Crippen LogP contribution in [-0.4, -0.2) is 23.8 Å². The minimum Gasteiger partial charge on any atom is -0.466 e. The van der Waals surface area contributed by atoms with Gasteiger partial charge in [-0.05, 0) is 26.2 Å². The molecule has 0 saturated carbocycles. The molecule has 3 nitrogen and oxygen atoms in total. The standard InChI is InChI=1S/C11H22O3/c1-3-4-9-14-11(13)8-6-5-7-10(2)12/h10,12H,3-9H2,1-2H3/t10-/m0/s1. The van der Waals surface area contributed by atoms with Crippen LogP contribution >= 0.6 is 0 Å². The Labute approximate surface area is 86.5 Å². The van der Waals surface area contributed by atoms with Gasteiger partial charge in [-0.2, -0.15) is 0 Å². The largest absolute Gasteiger partial charge is 0.466 e. The number of esters is 1. The zero-order valence-electron chi connectivity index (χ0n) is 9.29. The van der Waals surface area contributed by atoms with Gasteiger partial charge in [-0.1, -0.05) is 19.8 Å². The molecule has 1 N–H and O–H groups in total. The molecule has 1 atom stereocenters. The Morgan fingerprint density at radius 2 is 2.07 bits per heavy atom. The maximum atomic E-state index is 11.1. The van der Waals surface area contributed by atoms with E-state index < -0.39 is 0 Å². The van der Waals surface area contributed by atoms with Crippen molar-refractivity contribution in [3.63, 3.8) is 0 Å². The average Bonchev–Trinajstić information content (AvgIpc) is 2.13. The molecule has 3 heteroatoms. The first-order valence-corrected chi connectivity index (χ1v) is 5.50. The van der Waals surface area contributed by atoms with E-state index in [1.165, 1.54) is 0 Å². The molecule has 0 rings (SSSR count). The van der Waals surface area contributed by atoms with E-state index in [9.17, 15) is 4.79 Å². The SMILES string of the molecule is CCCCOC(=O)CCCC[C@H](C)O. The van der Waals surface area contributed by atoms with Crippen molar-refractivity contribution in [1.82, 2.24) is 0 Å². The lowest BCUT2D eigenvalue weighted by atomic mass is 10.1. The first kappa shape index (κ1) is 13.4. The number of aliphatic hydroxyl groups excluding tert-OH is 1. The van der Waals surface area contributed by atoms with E-state index in [0.29, 0.717) is 13.0 Å². The predicted octanol–water partition coefficient (Wildman–Crippen LogP) is 2.27. The Morgan fingerprint density at radius 1 is 1.36 bits per heavy atom. The molecule has 14 heavy (non-hydrogen) atoms. The van der Waals surface area contributed by atoms with Gasteiger partial charge in [-0.15, -0.1) is 0 Å². The highest BCUT2D eigenvalue weighted by Gasteiger charge is 2.02. The van der Waals surface area contributed by atoms with Crippen LogP contribution in [0.3, 0.4) is 0 Å². The summed E-state index contributed by atoms with van der Waals surface area (Å²) in [6, 6.07) is 0. The lowest BCUT2D eigenvalue weighted by Crippen LogP contribution is -2.06. The van der Waals surface area contributed by atoms with E-state index in [2.05, 4.69) is 6.92 Å². The number of hydrogen-bond donors (Lipinski definition) is 1. The van der Waals surface area contributed by atoms with Crippen LogP contribution in [-0.2, 0) is 9.53 Å². The summed E-state index contributed by atoms with van der Waals surface area (Å²) in [4.78, 5) is 11.1. The Bertz CT molecular complexity index is 143. The molecule has 0 spiro atoms. The van der Waals surface area contributed by atoms with Crippen LogP contribution in [0.1, 0.15) is 52.4 Å². The van der Waals surface area contributed by atoms with Crippen molar-refractivity contribution in [2.45, 2.75) is 58.5 Å². The fraction of sp³-hybridized carbons (Fsp3) is 0.909. The Morgan fingerprint density at radius 3 is 2.64 bits per heavy atom. The lowest BCUT2D eigenvalue weighted by Gasteiger charge is -2.04. The predicted molar refractivity (Wildman–Crippen MR) is 56.0 cm³/mol. The molecule has 0 aromatic heterocycles. The molecule has 0 aliphatic carbocycles. The molecule has 84 valence electrons. The van der Waals surface area contributed by atoms with E-state index in [4.69, 9.17) is 9.84 Å². The number of hydrogen-bond acceptors (Lipinski definition) is 3. The molecule has 0 aromatic rings. The molecule has 0 aromatic carbocycles. The Hall–Kier alpha value is -0.570. The van der Waals surface area contributed by atoms with Gasteiger partial charge in [0, 0.05) is 6.42 Å². The molecule has 0 amide bonds. The summed E-state index contributed by atoms with van der Waals surface area (Å²) >= 11 is 0. The fourth-order valence-corrected chi connectivity index (χ4v) is 1.11. The zero-order chi connectivity index (χ0) is 10.8. The summed E-state index contributed by atoms with van der Waals surface area (Å²) < 4.78 is 4.99. The maximum absolute atomic E-state index is 11.1. The third kappa shape index (κ3) is 9.52. The van der Waals surface area contributed by atoms with Crippen LogP contribution in [0.25, 0.3) is 0 Å². The normalized spacial score (nSPS) is 12.5. The topological polar surface area (TPSA) is 46.5 Å². The summed E-state index contributed by atoms with van der Waals surface area (Å²) in [7, 11) is 0. The van der Waals surface area contributed by atoms with Crippen LogP contribution < -0.4 is 0 Å². The van der Waals surface area contributed by atoms with Crippen LogP contribution in [0.5, 0.6) is 0 Å². The first-order chi connectivity index (χ1) is 6.66. The molecule has 0 radical (unpaired) electrons. The smallest absolute Gasteiger partial charge is 0.305 e. The minimum atomic E-state index is -0.258. The summed E-state index contributed by atoms with van der Waals surface area (Å²) in [5.74, 6) is -0.107. The molecule has 0 saturated heterocycles. The van der Waals surface area contributed by atoms with Gasteiger partial charge >= 0.3 is 5.97 Å². The van der Waals surface area contributed by atoms with Crippen LogP contribution in [0.15, 0.2) is 0 Å². The summed E-state index contributed by atoms with van der Waals surface area (Å²) in [6.45, 7) is 4.38. The Kier molecular flexibility index (Phi) is 8.64. The average molecular weight is 202 g/mol. The summed E-state index contributed by atoms with van der Waals surface area (Å²) in [6.07, 6.45) is 4.69. The van der Waals surface area contributed by atoms with Crippen molar-refractivity contribution in [3.8, 4) is 0 Å². The summed E-state index contributed by atoms with van der Waals surface area (Å²) in [5, 5.41) is 8.97. The molecular formula is C11H22O3. The Balaban J connectivity index is 3.18. The van der Waals surface area contributed by atoms with Crippen LogP contribution in [0.4, 0.5) is 0 Å². The molecule has 0 aliphatic heterocycles. The third-order valence-electron chi connectivity index (χ3n) is 2.01. The van der Waals surface area contributed by atoms with Gasteiger partial charge in [0.2, 0.25) is 0 Å². The number of unbranched alkanes of at least 4 members (excludes halogenated alkanes) is 2. The molecule has 0 heterocycles. The number of carbonyl (C=O) groups is 1. The number of ether oxygens (including phenoxy) is 1. The van der Waals surface area contributed by atoms with E-state index in [1.54, 1.807) is 6.92 Å². The zero-order valence-corrected chi connectivity index (χ0v) is 9.29. The maximum Gasteiger partial charge on any atom is 0.305 e. The van der Waals surface area contributed by atoms with Crippen LogP contribution in [0, 0.1) is 0 Å². The monoisotopic (exact) mass is 202 g/mol. The van der Waals surface area contributed by atoms with Crippen molar-refractivity contribution in [2.75, 3.05) is 6.61 Å². The van der Waals surface area contributed by atoms with Gasteiger partial charge in [-0.3, -0.25) is 4.79 Å². The van der Waals surface area contributed by atoms with Crippen molar-refractivity contribution in [1.29, 1.82) is 0 Å². The van der Waals surface area contributed by atoms with Crippen molar-refractivity contribution in [2.24, 2.45) is 0 Å². The van der Waals surface area contributed by atoms with E-state index in [0.717, 1.165) is 32.1 Å². The molecule has 0 fully saturated rings. The van der Waals surface area contributed by atoms with Crippen LogP contribution in [0.2, 0.25) is 0 Å². The van der Waals surface area contributed by atoms with Gasteiger partial charge in [0.05, 0.1) is 12.7 Å². The molecule has 0 unspecified atom stereocenters. The van der Waals surface area contributed by atoms with Crippen molar-refractivity contribution < 1.29 is 14.6 Å². The van der Waals surface area contributed by atoms with Gasteiger partial charge in [0.1, 0.15) is 0 Å². The van der Waals surface area contributed by atoms with Gasteiger partial charge < -0.3 is 9.84 Å². The van der Waals surface area contributed by atoms with E-state index in [1.807, 2.05) is 0 Å². The number of rotatable bonds is 8. The number of carbonyl (C=O) groups excluding carboxylic acids is 1. The van der Waals surface area contributed by atoms with Crippen molar-refractivity contribution in [3.05, 3.63) is 0 Å². The lowest BCUT2D eigenvalue weighted by molar-refractivity contribution is -0.143. The van der Waals surface area contributed by atoms with Gasteiger partial charge in [-0.25, -0.2) is 0 Å². The van der Waals surface area contributed by atoms with Gasteiger partial charge in [0.15, 0.2) is 0 Å². The van der Waals surface area contributed by atoms with Crippen molar-refractivity contribution >= 4 is 5.97 Å². The van der Waals surface area contributed by atoms with Gasteiger partial charge in [0.25, 0.3) is 0 Å². The quantitative estimate of drug-likeness (QED) is 0.485. The number of aliphatic hydroxyl groups is 1. The third-order valence-corrected chi connectivity index (χ3v) is 2.01. The second-order valence-corrected chi connectivity index (χ2v) is 3.67. The first-order valence-electron chi connectivity index (χ1n) is 5.50. The molecule has 0 bridgehead atoms. The highest BCUT2D eigenvalue weighted by atomic mass is 16.5. The highest BCUT2D eigenvalue weighted by molar-refractivity contribution is 5.69. The second kappa shape index (κ2) is 9.00. The highest BCUT2D eigenvalue weighted by Crippen LogP contribution is 2.04. The van der Waals surface area contributed by atoms with E-state index in [-0.39, 0.29) is 12.1 Å². The second-order valence-electron chi connectivity index (χ2n) is 3.67. The molecule has 0 aliphatic rings. The van der Waals surface area contributed by atoms with E-state index >= 15 is 0 Å². The minimum absolute atomic E-state index is 0.107. The summed E-state index contributed by atoms with van der Waals surface area (Å²) in [5.41, 5.74) is 0. The molecular weight excluding hydrogens is 180 g/mol. The fourth-order valence-electron chi connectivity index (χ4n) is 1.11.